The summed E-state index contributed by atoms with van der Waals surface area (Å²) in [6, 6.07) is 14.9. The Morgan fingerprint density at radius 3 is 2.40 bits per heavy atom. The molecule has 1 heterocycles. The first-order valence-corrected chi connectivity index (χ1v) is 7.76. The fourth-order valence-electron chi connectivity index (χ4n) is 2.38. The van der Waals surface area contributed by atoms with Crippen molar-refractivity contribution in [2.75, 3.05) is 10.6 Å². The molecule has 0 spiro atoms. The minimum absolute atomic E-state index is 0.222. The van der Waals surface area contributed by atoms with Gasteiger partial charge < -0.3 is 10.6 Å². The number of anilines is 3. The fourth-order valence-corrected chi connectivity index (χ4v) is 2.38. The highest BCUT2D eigenvalue weighted by molar-refractivity contribution is 6.03. The summed E-state index contributed by atoms with van der Waals surface area (Å²) in [6.07, 6.45) is 0. The molecule has 3 aromatic rings. The molecule has 1 amide bonds. The van der Waals surface area contributed by atoms with Crippen molar-refractivity contribution >= 4 is 23.2 Å². The van der Waals surface area contributed by atoms with Crippen LogP contribution in [0.25, 0.3) is 0 Å². The van der Waals surface area contributed by atoms with Crippen LogP contribution in [0.15, 0.2) is 54.6 Å². The number of amides is 1. The standard InChI is InChI=1S/C19H17FN4O/c1-12-6-7-16(13(2)10-12)21-17-8-9-18(24-23-17)22-19(25)14-4-3-5-15(20)11-14/h3-11H,1-2H3,(H,21,23)(H,22,24,25). The zero-order valence-electron chi connectivity index (χ0n) is 13.9. The van der Waals surface area contributed by atoms with Crippen LogP contribution in [0.5, 0.6) is 0 Å². The van der Waals surface area contributed by atoms with E-state index in [0.717, 1.165) is 11.3 Å². The van der Waals surface area contributed by atoms with Gasteiger partial charge in [0.2, 0.25) is 0 Å². The molecule has 2 N–H and O–H groups in total. The second-order valence-corrected chi connectivity index (χ2v) is 5.71. The second-order valence-electron chi connectivity index (χ2n) is 5.71. The number of hydrogen-bond acceptors (Lipinski definition) is 4. The van der Waals surface area contributed by atoms with Crippen LogP contribution in [-0.2, 0) is 0 Å². The number of halogens is 1. The monoisotopic (exact) mass is 336 g/mol. The Kier molecular flexibility index (Phi) is 4.70. The van der Waals surface area contributed by atoms with E-state index in [0.29, 0.717) is 11.6 Å². The average molecular weight is 336 g/mol. The van der Waals surface area contributed by atoms with Gasteiger partial charge in [-0.05, 0) is 55.8 Å². The van der Waals surface area contributed by atoms with Gasteiger partial charge in [-0.15, -0.1) is 10.2 Å². The SMILES string of the molecule is Cc1ccc(Nc2ccc(NC(=O)c3cccc(F)c3)nn2)c(C)c1. The zero-order valence-corrected chi connectivity index (χ0v) is 13.9. The number of aryl methyl sites for hydroxylation is 2. The van der Waals surface area contributed by atoms with Crippen LogP contribution in [0.4, 0.5) is 21.7 Å². The molecule has 0 aliphatic carbocycles. The molecule has 6 heteroatoms. The highest BCUT2D eigenvalue weighted by atomic mass is 19.1. The highest BCUT2D eigenvalue weighted by Gasteiger charge is 2.08. The number of aromatic nitrogens is 2. The van der Waals surface area contributed by atoms with Crippen LogP contribution in [0.3, 0.4) is 0 Å². The first-order valence-electron chi connectivity index (χ1n) is 7.76. The van der Waals surface area contributed by atoms with Crippen LogP contribution < -0.4 is 10.6 Å². The Morgan fingerprint density at radius 1 is 0.960 bits per heavy atom. The number of benzene rings is 2. The molecule has 0 aliphatic rings. The van der Waals surface area contributed by atoms with Crippen LogP contribution in [-0.4, -0.2) is 16.1 Å². The van der Waals surface area contributed by atoms with Crippen molar-refractivity contribution < 1.29 is 9.18 Å². The van der Waals surface area contributed by atoms with E-state index >= 15 is 0 Å². The van der Waals surface area contributed by atoms with Crippen molar-refractivity contribution in [3.63, 3.8) is 0 Å². The summed E-state index contributed by atoms with van der Waals surface area (Å²) in [5.74, 6) is -0.0493. The van der Waals surface area contributed by atoms with Crippen LogP contribution in [0.1, 0.15) is 21.5 Å². The van der Waals surface area contributed by atoms with Gasteiger partial charge in [0.15, 0.2) is 11.6 Å². The number of carbonyl (C=O) groups excluding carboxylic acids is 1. The zero-order chi connectivity index (χ0) is 17.8. The molecule has 0 aliphatic heterocycles. The van der Waals surface area contributed by atoms with E-state index in [1.54, 1.807) is 12.1 Å². The van der Waals surface area contributed by atoms with Gasteiger partial charge in [0.25, 0.3) is 5.91 Å². The van der Waals surface area contributed by atoms with Crippen molar-refractivity contribution in [1.29, 1.82) is 0 Å². The Hall–Kier alpha value is -3.28. The molecule has 0 radical (unpaired) electrons. The quantitative estimate of drug-likeness (QED) is 0.748. The van der Waals surface area contributed by atoms with E-state index in [1.165, 1.54) is 29.8 Å². The van der Waals surface area contributed by atoms with Gasteiger partial charge >= 0.3 is 0 Å². The molecule has 1 aromatic heterocycles. The summed E-state index contributed by atoms with van der Waals surface area (Å²) >= 11 is 0. The fraction of sp³-hybridized carbons (Fsp3) is 0.105. The number of rotatable bonds is 4. The third kappa shape index (κ3) is 4.17. The lowest BCUT2D eigenvalue weighted by molar-refractivity contribution is 0.102. The average Bonchev–Trinajstić information content (AvgIpc) is 2.59. The molecule has 25 heavy (non-hydrogen) atoms. The predicted octanol–water partition coefficient (Wildman–Crippen LogP) is 4.23. The van der Waals surface area contributed by atoms with Gasteiger partial charge in [0, 0.05) is 11.3 Å². The Morgan fingerprint density at radius 2 is 1.72 bits per heavy atom. The minimum atomic E-state index is -0.466. The van der Waals surface area contributed by atoms with Crippen LogP contribution in [0.2, 0.25) is 0 Å². The predicted molar refractivity (Wildman–Crippen MR) is 95.6 cm³/mol. The maximum atomic E-state index is 13.2. The van der Waals surface area contributed by atoms with E-state index in [4.69, 9.17) is 0 Å². The smallest absolute Gasteiger partial charge is 0.256 e. The summed E-state index contributed by atoms with van der Waals surface area (Å²) in [5.41, 5.74) is 3.45. The first-order chi connectivity index (χ1) is 12.0. The largest absolute Gasteiger partial charge is 0.339 e. The maximum Gasteiger partial charge on any atom is 0.256 e. The molecule has 0 saturated heterocycles. The molecule has 0 fully saturated rings. The maximum absolute atomic E-state index is 13.2. The van der Waals surface area contributed by atoms with Crippen molar-refractivity contribution in [3.05, 3.63) is 77.1 Å². The number of nitrogens with one attached hydrogen (secondary N) is 2. The molecule has 0 unspecified atom stereocenters. The van der Waals surface area contributed by atoms with Gasteiger partial charge in [-0.1, -0.05) is 23.8 Å². The summed E-state index contributed by atoms with van der Waals surface area (Å²) in [4.78, 5) is 12.1. The third-order valence-electron chi connectivity index (χ3n) is 3.64. The van der Waals surface area contributed by atoms with E-state index in [2.05, 4.69) is 26.9 Å². The Balaban J connectivity index is 1.69. The van der Waals surface area contributed by atoms with Crippen LogP contribution >= 0.6 is 0 Å². The highest BCUT2D eigenvalue weighted by Crippen LogP contribution is 2.20. The summed E-state index contributed by atoms with van der Waals surface area (Å²) in [5, 5.41) is 13.8. The van der Waals surface area contributed by atoms with Crippen molar-refractivity contribution in [2.24, 2.45) is 0 Å². The molecule has 5 nitrogen and oxygen atoms in total. The molecule has 2 aromatic carbocycles. The van der Waals surface area contributed by atoms with E-state index in [1.807, 2.05) is 26.0 Å². The van der Waals surface area contributed by atoms with E-state index in [9.17, 15) is 9.18 Å². The number of hydrogen-bond donors (Lipinski definition) is 2. The lowest BCUT2D eigenvalue weighted by atomic mass is 10.1. The van der Waals surface area contributed by atoms with E-state index < -0.39 is 11.7 Å². The van der Waals surface area contributed by atoms with Crippen molar-refractivity contribution in [3.8, 4) is 0 Å². The molecule has 126 valence electrons. The van der Waals surface area contributed by atoms with Crippen molar-refractivity contribution in [2.45, 2.75) is 13.8 Å². The van der Waals surface area contributed by atoms with Gasteiger partial charge in [-0.25, -0.2) is 4.39 Å². The van der Waals surface area contributed by atoms with Gasteiger partial charge in [0.1, 0.15) is 5.82 Å². The number of nitrogens with zero attached hydrogens (tertiary/aromatic N) is 2. The molecule has 3 rings (SSSR count). The Bertz CT molecular complexity index is 910. The lowest BCUT2D eigenvalue weighted by Gasteiger charge is -2.09. The minimum Gasteiger partial charge on any atom is -0.339 e. The second kappa shape index (κ2) is 7.09. The lowest BCUT2D eigenvalue weighted by Crippen LogP contribution is -2.13. The topological polar surface area (TPSA) is 66.9 Å². The normalized spacial score (nSPS) is 10.4. The van der Waals surface area contributed by atoms with Gasteiger partial charge in [-0.3, -0.25) is 4.79 Å². The molecular weight excluding hydrogens is 319 g/mol. The summed E-state index contributed by atoms with van der Waals surface area (Å²) < 4.78 is 13.2. The number of carbonyl (C=O) groups is 1. The van der Waals surface area contributed by atoms with Gasteiger partial charge in [0.05, 0.1) is 0 Å². The Labute approximate surface area is 144 Å². The van der Waals surface area contributed by atoms with E-state index in [-0.39, 0.29) is 5.56 Å². The molecular formula is C19H17FN4O. The van der Waals surface area contributed by atoms with Crippen molar-refractivity contribution in [1.82, 2.24) is 10.2 Å². The molecule has 0 bridgehead atoms. The third-order valence-corrected chi connectivity index (χ3v) is 3.64. The van der Waals surface area contributed by atoms with Gasteiger partial charge in [-0.2, -0.15) is 0 Å². The molecule has 0 saturated carbocycles. The summed E-state index contributed by atoms with van der Waals surface area (Å²) in [6.45, 7) is 4.04. The molecule has 0 atom stereocenters. The summed E-state index contributed by atoms with van der Waals surface area (Å²) in [7, 11) is 0. The first kappa shape index (κ1) is 16.6. The van der Waals surface area contributed by atoms with Crippen LogP contribution in [0, 0.1) is 19.7 Å².